The van der Waals surface area contributed by atoms with E-state index in [-0.39, 0.29) is 6.04 Å². The Morgan fingerprint density at radius 1 is 0.889 bits per heavy atom. The molecule has 0 spiro atoms. The van der Waals surface area contributed by atoms with Crippen molar-refractivity contribution in [1.82, 2.24) is 0 Å². The van der Waals surface area contributed by atoms with Crippen LogP contribution in [0.15, 0.2) is 0 Å². The van der Waals surface area contributed by atoms with Crippen LogP contribution in [0.3, 0.4) is 0 Å². The van der Waals surface area contributed by atoms with Crippen molar-refractivity contribution in [3.63, 3.8) is 0 Å². The van der Waals surface area contributed by atoms with E-state index in [0.717, 1.165) is 32.1 Å². The molecule has 1 unspecified atom stereocenters. The molecule has 0 aromatic rings. The minimum atomic E-state index is 0.237. The van der Waals surface area contributed by atoms with Crippen molar-refractivity contribution in [3.8, 4) is 0 Å². The van der Waals surface area contributed by atoms with Gasteiger partial charge in [0.25, 0.3) is 0 Å². The normalized spacial score (nSPS) is 12.6. The molecule has 0 aromatic carbocycles. The van der Waals surface area contributed by atoms with Crippen LogP contribution in [0.5, 0.6) is 0 Å². The molecule has 0 fully saturated rings. The van der Waals surface area contributed by atoms with Crippen molar-refractivity contribution in [2.45, 2.75) is 96.9 Å². The van der Waals surface area contributed by atoms with Crippen molar-refractivity contribution < 1.29 is 4.79 Å². The van der Waals surface area contributed by atoms with Gasteiger partial charge >= 0.3 is 0 Å². The van der Waals surface area contributed by atoms with Crippen LogP contribution in [-0.4, -0.2) is 11.8 Å². The van der Waals surface area contributed by atoms with E-state index in [1.165, 1.54) is 44.9 Å². The van der Waals surface area contributed by atoms with Gasteiger partial charge in [-0.15, -0.1) is 0 Å². The van der Waals surface area contributed by atoms with Gasteiger partial charge in [-0.1, -0.05) is 51.9 Å². The lowest BCUT2D eigenvalue weighted by atomic mass is 10.0. The minimum Gasteiger partial charge on any atom is -0.328 e. The summed E-state index contributed by atoms with van der Waals surface area (Å²) in [4.78, 5) is 11.6. The lowest BCUT2D eigenvalue weighted by Gasteiger charge is -2.04. The molecule has 0 bridgehead atoms. The van der Waals surface area contributed by atoms with Crippen molar-refractivity contribution in [3.05, 3.63) is 0 Å². The number of hydrogen-bond acceptors (Lipinski definition) is 2. The smallest absolute Gasteiger partial charge is 0.132 e. The standard InChI is InChI=1S/C16H33NO/c1-3-4-5-6-7-8-9-10-13-16(18)14-11-12-15(2)17/h15H,3-14,17H2,1-2H3. The highest BCUT2D eigenvalue weighted by Gasteiger charge is 2.02. The molecule has 2 N–H and O–H groups in total. The zero-order valence-electron chi connectivity index (χ0n) is 12.5. The molecule has 0 saturated carbocycles. The monoisotopic (exact) mass is 255 g/mol. The third kappa shape index (κ3) is 13.7. The Balaban J connectivity index is 3.15. The Morgan fingerprint density at radius 3 is 1.94 bits per heavy atom. The van der Waals surface area contributed by atoms with Gasteiger partial charge in [0.1, 0.15) is 5.78 Å². The van der Waals surface area contributed by atoms with Gasteiger partial charge in [-0.05, 0) is 26.2 Å². The summed E-state index contributed by atoms with van der Waals surface area (Å²) in [7, 11) is 0. The molecule has 1 atom stereocenters. The first-order chi connectivity index (χ1) is 8.66. The van der Waals surface area contributed by atoms with Crippen molar-refractivity contribution >= 4 is 5.78 Å². The summed E-state index contributed by atoms with van der Waals surface area (Å²) in [5.41, 5.74) is 5.66. The SMILES string of the molecule is CCCCCCCCCCC(=O)CCCC(C)N. The first-order valence-corrected chi connectivity index (χ1v) is 7.94. The Bertz CT molecular complexity index is 190. The number of hydrogen-bond donors (Lipinski definition) is 1. The van der Waals surface area contributed by atoms with E-state index < -0.39 is 0 Å². The lowest BCUT2D eigenvalue weighted by molar-refractivity contribution is -0.119. The summed E-state index contributed by atoms with van der Waals surface area (Å²) in [6.07, 6.45) is 13.9. The summed E-state index contributed by atoms with van der Waals surface area (Å²) in [5.74, 6) is 0.432. The third-order valence-electron chi connectivity index (χ3n) is 3.42. The molecule has 0 aliphatic carbocycles. The van der Waals surface area contributed by atoms with Crippen LogP contribution >= 0.6 is 0 Å². The quantitative estimate of drug-likeness (QED) is 0.489. The number of carbonyl (C=O) groups excluding carboxylic acids is 1. The summed E-state index contributed by atoms with van der Waals surface area (Å²) < 4.78 is 0. The Kier molecular flexibility index (Phi) is 12.8. The number of carbonyl (C=O) groups is 1. The molecule has 0 saturated heterocycles. The maximum absolute atomic E-state index is 11.6. The van der Waals surface area contributed by atoms with Crippen molar-refractivity contribution in [2.24, 2.45) is 5.73 Å². The number of nitrogens with two attached hydrogens (primary N) is 1. The van der Waals surface area contributed by atoms with Crippen LogP contribution in [-0.2, 0) is 4.79 Å². The molecule has 0 amide bonds. The second kappa shape index (κ2) is 13.1. The first kappa shape index (κ1) is 17.6. The molecule has 2 nitrogen and oxygen atoms in total. The predicted octanol–water partition coefficient (Wildman–Crippen LogP) is 4.60. The van der Waals surface area contributed by atoms with Crippen LogP contribution < -0.4 is 5.73 Å². The lowest BCUT2D eigenvalue weighted by Crippen LogP contribution is -2.14. The summed E-state index contributed by atoms with van der Waals surface area (Å²) in [6, 6.07) is 0.237. The average molecular weight is 255 g/mol. The van der Waals surface area contributed by atoms with Gasteiger partial charge in [-0.3, -0.25) is 4.79 Å². The van der Waals surface area contributed by atoms with Crippen molar-refractivity contribution in [2.75, 3.05) is 0 Å². The zero-order chi connectivity index (χ0) is 13.6. The maximum atomic E-state index is 11.6. The number of ketones is 1. The average Bonchev–Trinajstić information content (AvgIpc) is 2.32. The third-order valence-corrected chi connectivity index (χ3v) is 3.42. The van der Waals surface area contributed by atoms with Gasteiger partial charge in [0.05, 0.1) is 0 Å². The molecular weight excluding hydrogens is 222 g/mol. The Hall–Kier alpha value is -0.370. The summed E-state index contributed by atoms with van der Waals surface area (Å²) in [6.45, 7) is 4.25. The molecular formula is C16H33NO. The largest absolute Gasteiger partial charge is 0.328 e. The predicted molar refractivity (Wildman–Crippen MR) is 79.7 cm³/mol. The van der Waals surface area contributed by atoms with Gasteiger partial charge in [-0.25, -0.2) is 0 Å². The van der Waals surface area contributed by atoms with Gasteiger partial charge in [0.15, 0.2) is 0 Å². The number of rotatable bonds is 13. The summed E-state index contributed by atoms with van der Waals surface area (Å²) >= 11 is 0. The highest BCUT2D eigenvalue weighted by atomic mass is 16.1. The fourth-order valence-corrected chi connectivity index (χ4v) is 2.20. The van der Waals surface area contributed by atoms with E-state index in [9.17, 15) is 4.79 Å². The topological polar surface area (TPSA) is 43.1 Å². The second-order valence-electron chi connectivity index (χ2n) is 5.63. The molecule has 2 heteroatoms. The van der Waals surface area contributed by atoms with E-state index in [4.69, 9.17) is 5.73 Å². The van der Waals surface area contributed by atoms with E-state index >= 15 is 0 Å². The van der Waals surface area contributed by atoms with E-state index in [1.807, 2.05) is 6.92 Å². The van der Waals surface area contributed by atoms with Crippen LogP contribution in [0.25, 0.3) is 0 Å². The highest BCUT2D eigenvalue weighted by molar-refractivity contribution is 5.78. The van der Waals surface area contributed by atoms with E-state index in [1.54, 1.807) is 0 Å². The fourth-order valence-electron chi connectivity index (χ4n) is 2.20. The second-order valence-corrected chi connectivity index (χ2v) is 5.63. The van der Waals surface area contributed by atoms with Gasteiger partial charge in [0.2, 0.25) is 0 Å². The Morgan fingerprint density at radius 2 is 1.39 bits per heavy atom. The van der Waals surface area contributed by atoms with Crippen LogP contribution in [0, 0.1) is 0 Å². The summed E-state index contributed by atoms with van der Waals surface area (Å²) in [5, 5.41) is 0. The highest BCUT2D eigenvalue weighted by Crippen LogP contribution is 2.11. The molecule has 108 valence electrons. The van der Waals surface area contributed by atoms with Gasteiger partial charge in [0, 0.05) is 18.9 Å². The molecule has 0 aliphatic rings. The van der Waals surface area contributed by atoms with E-state index in [0.29, 0.717) is 5.78 Å². The molecule has 0 aromatic heterocycles. The fraction of sp³-hybridized carbons (Fsp3) is 0.938. The molecule has 0 heterocycles. The van der Waals surface area contributed by atoms with Crippen molar-refractivity contribution in [1.29, 1.82) is 0 Å². The van der Waals surface area contributed by atoms with E-state index in [2.05, 4.69) is 6.92 Å². The van der Waals surface area contributed by atoms with Crippen LogP contribution in [0.1, 0.15) is 90.9 Å². The maximum Gasteiger partial charge on any atom is 0.132 e. The number of Topliss-reactive ketones (excluding diaryl/α,β-unsaturated/α-hetero) is 1. The first-order valence-electron chi connectivity index (χ1n) is 7.94. The van der Waals surface area contributed by atoms with Gasteiger partial charge in [-0.2, -0.15) is 0 Å². The number of unbranched alkanes of at least 4 members (excludes halogenated alkanes) is 7. The zero-order valence-corrected chi connectivity index (χ0v) is 12.5. The molecule has 0 aliphatic heterocycles. The van der Waals surface area contributed by atoms with Crippen LogP contribution in [0.2, 0.25) is 0 Å². The molecule has 0 radical (unpaired) electrons. The Labute approximate surface area is 114 Å². The molecule has 0 rings (SSSR count). The van der Waals surface area contributed by atoms with Gasteiger partial charge < -0.3 is 5.73 Å². The minimum absolute atomic E-state index is 0.237. The van der Waals surface area contributed by atoms with Crippen LogP contribution in [0.4, 0.5) is 0 Å². The molecule has 18 heavy (non-hydrogen) atoms.